The molecule has 0 unspecified atom stereocenters. The predicted octanol–water partition coefficient (Wildman–Crippen LogP) is 4.70. The summed E-state index contributed by atoms with van der Waals surface area (Å²) in [5.74, 6) is 0. The van der Waals surface area contributed by atoms with Crippen LogP contribution in [0.3, 0.4) is 0 Å². The van der Waals surface area contributed by atoms with Gasteiger partial charge in [0.25, 0.3) is 0 Å². The summed E-state index contributed by atoms with van der Waals surface area (Å²) in [7, 11) is 0. The van der Waals surface area contributed by atoms with Crippen LogP contribution in [0.1, 0.15) is 61.3 Å². The Kier molecular flexibility index (Phi) is 3.05. The molecule has 1 aromatic rings. The molecule has 0 bridgehead atoms. The van der Waals surface area contributed by atoms with Crippen LogP contribution >= 0.6 is 0 Å². The van der Waals surface area contributed by atoms with Crippen LogP contribution in [0.15, 0.2) is 17.7 Å². The highest BCUT2D eigenvalue weighted by atomic mass is 14.2. The van der Waals surface area contributed by atoms with Crippen molar-refractivity contribution in [3.05, 3.63) is 40.0 Å². The first kappa shape index (κ1) is 11.1. The molecule has 0 amide bonds. The van der Waals surface area contributed by atoms with Crippen LogP contribution in [0.4, 0.5) is 0 Å². The fourth-order valence-electron chi connectivity index (χ4n) is 3.45. The van der Waals surface area contributed by atoms with Gasteiger partial charge in [-0.2, -0.15) is 0 Å². The Labute approximate surface area is 105 Å². The largest absolute Gasteiger partial charge is 0.0693 e. The van der Waals surface area contributed by atoms with Crippen LogP contribution < -0.4 is 0 Å². The molecule has 1 aromatic carbocycles. The van der Waals surface area contributed by atoms with E-state index in [4.69, 9.17) is 0 Å². The molecule has 90 valence electrons. The van der Waals surface area contributed by atoms with Gasteiger partial charge in [0, 0.05) is 0 Å². The number of hydrogen-bond acceptors (Lipinski definition) is 0. The molecule has 0 fully saturated rings. The minimum Gasteiger partial charge on any atom is -0.0693 e. The third kappa shape index (κ3) is 2.06. The molecule has 0 nitrogen and oxygen atoms in total. The SMILES string of the molecule is CCCC1=Cc2ccc3c(c2CC1)CCCC3. The van der Waals surface area contributed by atoms with Crippen molar-refractivity contribution in [3.8, 4) is 0 Å². The molecule has 0 spiro atoms. The van der Waals surface area contributed by atoms with Gasteiger partial charge in [0.05, 0.1) is 0 Å². The molecule has 0 aromatic heterocycles. The zero-order chi connectivity index (χ0) is 11.7. The predicted molar refractivity (Wildman–Crippen MR) is 74.3 cm³/mol. The molecular weight excluding hydrogens is 204 g/mol. The van der Waals surface area contributed by atoms with Crippen molar-refractivity contribution in [1.29, 1.82) is 0 Å². The molecule has 0 atom stereocenters. The monoisotopic (exact) mass is 226 g/mol. The Morgan fingerprint density at radius 2 is 1.82 bits per heavy atom. The zero-order valence-electron chi connectivity index (χ0n) is 10.9. The standard InChI is InChI=1S/C17H22/c1-2-5-13-8-11-17-15(12-13)10-9-14-6-3-4-7-16(14)17/h9-10,12H,2-8,11H2,1H3. The molecule has 0 saturated carbocycles. The van der Waals surface area contributed by atoms with E-state index in [2.05, 4.69) is 25.1 Å². The summed E-state index contributed by atoms with van der Waals surface area (Å²) < 4.78 is 0. The summed E-state index contributed by atoms with van der Waals surface area (Å²) in [5.41, 5.74) is 8.22. The lowest BCUT2D eigenvalue weighted by atomic mass is 9.81. The van der Waals surface area contributed by atoms with Crippen LogP contribution in [-0.4, -0.2) is 0 Å². The Bertz CT molecular complexity index is 451. The first-order valence-corrected chi connectivity index (χ1v) is 7.21. The fraction of sp³-hybridized carbons (Fsp3) is 0.529. The van der Waals surface area contributed by atoms with E-state index in [1.54, 1.807) is 22.3 Å². The topological polar surface area (TPSA) is 0 Å². The van der Waals surface area contributed by atoms with Gasteiger partial charge in [-0.15, -0.1) is 0 Å². The number of allylic oxidation sites excluding steroid dienone is 1. The fourth-order valence-corrected chi connectivity index (χ4v) is 3.45. The molecule has 0 radical (unpaired) electrons. The van der Waals surface area contributed by atoms with Gasteiger partial charge in [0.15, 0.2) is 0 Å². The van der Waals surface area contributed by atoms with Gasteiger partial charge < -0.3 is 0 Å². The van der Waals surface area contributed by atoms with E-state index in [1.807, 2.05) is 0 Å². The average Bonchev–Trinajstić information content (AvgIpc) is 2.39. The third-order valence-corrected chi connectivity index (χ3v) is 4.31. The molecule has 2 aliphatic rings. The summed E-state index contributed by atoms with van der Waals surface area (Å²) in [6, 6.07) is 4.76. The van der Waals surface area contributed by atoms with Gasteiger partial charge >= 0.3 is 0 Å². The normalized spacial score (nSPS) is 18.3. The molecule has 17 heavy (non-hydrogen) atoms. The summed E-state index contributed by atoms with van der Waals surface area (Å²) in [5, 5.41) is 0. The number of fused-ring (bicyclic) bond motifs is 3. The molecule has 0 aliphatic heterocycles. The van der Waals surface area contributed by atoms with Crippen molar-refractivity contribution in [2.45, 2.75) is 58.3 Å². The van der Waals surface area contributed by atoms with Crippen molar-refractivity contribution in [2.24, 2.45) is 0 Å². The summed E-state index contributed by atoms with van der Waals surface area (Å²) >= 11 is 0. The number of hydrogen-bond donors (Lipinski definition) is 0. The summed E-state index contributed by atoms with van der Waals surface area (Å²) in [6.07, 6.45) is 13.1. The highest BCUT2D eigenvalue weighted by Crippen LogP contribution is 2.33. The van der Waals surface area contributed by atoms with Crippen molar-refractivity contribution in [2.75, 3.05) is 0 Å². The van der Waals surface area contributed by atoms with E-state index in [9.17, 15) is 0 Å². The molecule has 0 saturated heterocycles. The second-order valence-electron chi connectivity index (χ2n) is 5.53. The van der Waals surface area contributed by atoms with E-state index in [1.165, 1.54) is 56.9 Å². The zero-order valence-corrected chi connectivity index (χ0v) is 10.9. The Hall–Kier alpha value is -1.04. The van der Waals surface area contributed by atoms with E-state index in [0.29, 0.717) is 0 Å². The molecule has 0 heterocycles. The van der Waals surface area contributed by atoms with Crippen LogP contribution in [0.25, 0.3) is 6.08 Å². The first-order chi connectivity index (χ1) is 8.38. The quantitative estimate of drug-likeness (QED) is 0.686. The van der Waals surface area contributed by atoms with Gasteiger partial charge in [-0.3, -0.25) is 0 Å². The maximum absolute atomic E-state index is 2.47. The van der Waals surface area contributed by atoms with Crippen LogP contribution in [0, 0.1) is 0 Å². The molecule has 0 heteroatoms. The molecule has 2 aliphatic carbocycles. The lowest BCUT2D eigenvalue weighted by Gasteiger charge is -2.24. The Morgan fingerprint density at radius 3 is 2.71 bits per heavy atom. The molecular formula is C17H22. The highest BCUT2D eigenvalue weighted by Gasteiger charge is 2.18. The van der Waals surface area contributed by atoms with E-state index in [0.717, 1.165) is 0 Å². The van der Waals surface area contributed by atoms with Crippen LogP contribution in [0.5, 0.6) is 0 Å². The van der Waals surface area contributed by atoms with Crippen molar-refractivity contribution < 1.29 is 0 Å². The van der Waals surface area contributed by atoms with Gasteiger partial charge in [0.1, 0.15) is 0 Å². The maximum Gasteiger partial charge on any atom is -0.0222 e. The minimum absolute atomic E-state index is 1.28. The lowest BCUT2D eigenvalue weighted by molar-refractivity contribution is 0.674. The van der Waals surface area contributed by atoms with Crippen molar-refractivity contribution in [3.63, 3.8) is 0 Å². The van der Waals surface area contributed by atoms with Crippen LogP contribution in [-0.2, 0) is 19.3 Å². The number of rotatable bonds is 2. The first-order valence-electron chi connectivity index (χ1n) is 7.21. The van der Waals surface area contributed by atoms with E-state index in [-0.39, 0.29) is 0 Å². The number of aryl methyl sites for hydroxylation is 1. The molecule has 3 rings (SSSR count). The highest BCUT2D eigenvalue weighted by molar-refractivity contribution is 5.63. The van der Waals surface area contributed by atoms with E-state index >= 15 is 0 Å². The van der Waals surface area contributed by atoms with Gasteiger partial charge in [0.2, 0.25) is 0 Å². The third-order valence-electron chi connectivity index (χ3n) is 4.31. The Balaban J connectivity index is 2.00. The van der Waals surface area contributed by atoms with Gasteiger partial charge in [-0.1, -0.05) is 37.1 Å². The summed E-state index contributed by atoms with van der Waals surface area (Å²) in [4.78, 5) is 0. The second-order valence-corrected chi connectivity index (χ2v) is 5.53. The summed E-state index contributed by atoms with van der Waals surface area (Å²) in [6.45, 7) is 2.28. The van der Waals surface area contributed by atoms with Crippen molar-refractivity contribution in [1.82, 2.24) is 0 Å². The van der Waals surface area contributed by atoms with Crippen LogP contribution in [0.2, 0.25) is 0 Å². The van der Waals surface area contributed by atoms with E-state index < -0.39 is 0 Å². The molecule has 0 N–H and O–H groups in total. The lowest BCUT2D eigenvalue weighted by Crippen LogP contribution is -2.10. The second kappa shape index (κ2) is 4.68. The maximum atomic E-state index is 2.47. The number of benzene rings is 1. The Morgan fingerprint density at radius 1 is 0.941 bits per heavy atom. The van der Waals surface area contributed by atoms with Crippen molar-refractivity contribution >= 4 is 6.08 Å². The van der Waals surface area contributed by atoms with Gasteiger partial charge in [-0.25, -0.2) is 0 Å². The minimum atomic E-state index is 1.28. The van der Waals surface area contributed by atoms with Gasteiger partial charge in [-0.05, 0) is 67.2 Å². The smallest absolute Gasteiger partial charge is 0.0222 e. The average molecular weight is 226 g/mol.